The molecule has 2 heterocycles. The number of likely N-dealkylation sites (N-methyl/N-ethyl adjacent to an activating group) is 1. The van der Waals surface area contributed by atoms with Crippen LogP contribution in [0, 0.1) is 19.8 Å². The number of likely N-dealkylation sites (tertiary alicyclic amines) is 1. The molecule has 0 saturated carbocycles. The second kappa shape index (κ2) is 8.70. The van der Waals surface area contributed by atoms with Crippen molar-refractivity contribution in [3.63, 3.8) is 0 Å². The van der Waals surface area contributed by atoms with Crippen LogP contribution in [0.1, 0.15) is 42.3 Å². The predicted molar refractivity (Wildman–Crippen MR) is 108 cm³/mol. The Balaban J connectivity index is 1.57. The van der Waals surface area contributed by atoms with E-state index in [-0.39, 0.29) is 11.9 Å². The normalized spacial score (nSPS) is 16.7. The molecule has 1 atom stereocenters. The van der Waals surface area contributed by atoms with Gasteiger partial charge in [-0.05, 0) is 58.7 Å². The maximum Gasteiger partial charge on any atom is 0.244 e. The van der Waals surface area contributed by atoms with Gasteiger partial charge in [0.05, 0.1) is 0 Å². The van der Waals surface area contributed by atoms with E-state index in [0.29, 0.717) is 5.92 Å². The van der Waals surface area contributed by atoms with E-state index in [0.717, 1.165) is 50.3 Å². The molecule has 1 aliphatic heterocycles. The number of aromatic nitrogens is 2. The summed E-state index contributed by atoms with van der Waals surface area (Å²) in [6.07, 6.45) is 7.26. The van der Waals surface area contributed by atoms with Crippen molar-refractivity contribution in [1.82, 2.24) is 19.4 Å². The van der Waals surface area contributed by atoms with E-state index in [9.17, 15) is 4.79 Å². The lowest BCUT2D eigenvalue weighted by Gasteiger charge is -2.36. The molecule has 1 fully saturated rings. The number of hydrogen-bond acceptors (Lipinski definition) is 3. The Labute approximate surface area is 163 Å². The Morgan fingerprint density at radius 2 is 2.00 bits per heavy atom. The highest BCUT2D eigenvalue weighted by atomic mass is 16.2. The third kappa shape index (κ3) is 4.78. The van der Waals surface area contributed by atoms with Gasteiger partial charge in [0.1, 0.15) is 11.9 Å². The zero-order chi connectivity index (χ0) is 19.4. The van der Waals surface area contributed by atoms with E-state index >= 15 is 0 Å². The van der Waals surface area contributed by atoms with Crippen molar-refractivity contribution in [2.45, 2.75) is 45.7 Å². The van der Waals surface area contributed by atoms with E-state index in [1.165, 1.54) is 5.56 Å². The van der Waals surface area contributed by atoms with Crippen LogP contribution < -0.4 is 0 Å². The fraction of sp³-hybridized carbons (Fsp3) is 0.545. The van der Waals surface area contributed by atoms with Gasteiger partial charge >= 0.3 is 0 Å². The largest absolute Gasteiger partial charge is 0.341 e. The van der Waals surface area contributed by atoms with E-state index in [2.05, 4.69) is 45.8 Å². The van der Waals surface area contributed by atoms with Crippen LogP contribution in [0.3, 0.4) is 0 Å². The fourth-order valence-electron chi connectivity index (χ4n) is 4.08. The number of carbonyl (C=O) groups excluding carboxylic acids is 1. The first-order valence-electron chi connectivity index (χ1n) is 9.95. The summed E-state index contributed by atoms with van der Waals surface area (Å²) >= 11 is 0. The molecule has 0 aliphatic carbocycles. The fourth-order valence-corrected chi connectivity index (χ4v) is 4.08. The molecule has 3 rings (SSSR count). The van der Waals surface area contributed by atoms with Crippen LogP contribution in [-0.2, 0) is 11.3 Å². The summed E-state index contributed by atoms with van der Waals surface area (Å²) in [4.78, 5) is 21.6. The van der Waals surface area contributed by atoms with Gasteiger partial charge in [-0.2, -0.15) is 0 Å². The second-order valence-corrected chi connectivity index (χ2v) is 8.01. The lowest BCUT2D eigenvalue weighted by Crippen LogP contribution is -2.44. The Bertz CT molecular complexity index is 759. The molecular weight excluding hydrogens is 336 g/mol. The molecule has 1 aliphatic rings. The molecule has 2 aromatic rings. The first-order chi connectivity index (χ1) is 13.0. The minimum atomic E-state index is -0.199. The smallest absolute Gasteiger partial charge is 0.244 e. The van der Waals surface area contributed by atoms with Gasteiger partial charge in [-0.1, -0.05) is 29.8 Å². The van der Waals surface area contributed by atoms with Crippen molar-refractivity contribution >= 4 is 5.91 Å². The topological polar surface area (TPSA) is 41.4 Å². The molecule has 146 valence electrons. The molecule has 1 saturated heterocycles. The molecule has 5 nitrogen and oxygen atoms in total. The van der Waals surface area contributed by atoms with E-state index < -0.39 is 0 Å². The number of carbonyl (C=O) groups is 1. The Kier molecular flexibility index (Phi) is 6.32. The van der Waals surface area contributed by atoms with Crippen LogP contribution in [0.2, 0.25) is 0 Å². The number of aryl methyl sites for hydroxylation is 3. The second-order valence-electron chi connectivity index (χ2n) is 8.01. The summed E-state index contributed by atoms with van der Waals surface area (Å²) in [6.45, 7) is 6.88. The molecule has 0 N–H and O–H groups in total. The molecule has 0 radical (unpaired) electrons. The van der Waals surface area contributed by atoms with E-state index in [1.54, 1.807) is 0 Å². The molecule has 27 heavy (non-hydrogen) atoms. The van der Waals surface area contributed by atoms with Gasteiger partial charge in [0, 0.05) is 32.0 Å². The van der Waals surface area contributed by atoms with Crippen molar-refractivity contribution in [2.24, 2.45) is 5.92 Å². The molecular formula is C22H32N4O. The van der Waals surface area contributed by atoms with Gasteiger partial charge in [-0.25, -0.2) is 4.98 Å². The van der Waals surface area contributed by atoms with Crippen LogP contribution in [0.15, 0.2) is 36.7 Å². The average Bonchev–Trinajstić information content (AvgIpc) is 3.05. The van der Waals surface area contributed by atoms with Gasteiger partial charge in [-0.3, -0.25) is 9.69 Å². The minimum absolute atomic E-state index is 0.199. The Hall–Kier alpha value is -2.14. The van der Waals surface area contributed by atoms with Gasteiger partial charge in [0.25, 0.3) is 0 Å². The predicted octanol–water partition coefficient (Wildman–Crippen LogP) is 3.43. The third-order valence-corrected chi connectivity index (χ3v) is 5.74. The average molecular weight is 369 g/mol. The third-order valence-electron chi connectivity index (χ3n) is 5.74. The Morgan fingerprint density at radius 1 is 1.26 bits per heavy atom. The molecule has 1 aromatic heterocycles. The summed E-state index contributed by atoms with van der Waals surface area (Å²) in [5.74, 6) is 2.00. The maximum absolute atomic E-state index is 13.2. The maximum atomic E-state index is 13.2. The van der Waals surface area contributed by atoms with Crippen LogP contribution >= 0.6 is 0 Å². The minimum Gasteiger partial charge on any atom is -0.341 e. The van der Waals surface area contributed by atoms with Gasteiger partial charge < -0.3 is 9.47 Å². The highest BCUT2D eigenvalue weighted by Crippen LogP contribution is 2.27. The molecule has 0 unspecified atom stereocenters. The van der Waals surface area contributed by atoms with Crippen LogP contribution in [0.25, 0.3) is 0 Å². The summed E-state index contributed by atoms with van der Waals surface area (Å²) in [5.41, 5.74) is 2.28. The van der Waals surface area contributed by atoms with Crippen LogP contribution in [0.5, 0.6) is 0 Å². The zero-order valence-corrected chi connectivity index (χ0v) is 17.1. The van der Waals surface area contributed by atoms with Crippen LogP contribution in [-0.4, -0.2) is 52.4 Å². The lowest BCUT2D eigenvalue weighted by atomic mass is 9.92. The monoisotopic (exact) mass is 368 g/mol. The van der Waals surface area contributed by atoms with Crippen molar-refractivity contribution in [3.05, 3.63) is 53.6 Å². The molecule has 5 heteroatoms. The summed E-state index contributed by atoms with van der Waals surface area (Å²) < 4.78 is 2.22. The van der Waals surface area contributed by atoms with Crippen molar-refractivity contribution in [2.75, 3.05) is 27.2 Å². The zero-order valence-electron chi connectivity index (χ0n) is 17.1. The number of hydrogen-bond donors (Lipinski definition) is 0. The van der Waals surface area contributed by atoms with Crippen LogP contribution in [0.4, 0.5) is 0 Å². The van der Waals surface area contributed by atoms with Gasteiger partial charge in [0.15, 0.2) is 0 Å². The molecule has 1 aromatic carbocycles. The van der Waals surface area contributed by atoms with Crippen molar-refractivity contribution in [1.29, 1.82) is 0 Å². The van der Waals surface area contributed by atoms with Crippen molar-refractivity contribution in [3.8, 4) is 0 Å². The summed E-state index contributed by atoms with van der Waals surface area (Å²) in [7, 11) is 3.98. The van der Waals surface area contributed by atoms with Crippen molar-refractivity contribution < 1.29 is 4.79 Å². The highest BCUT2D eigenvalue weighted by Gasteiger charge is 2.30. The lowest BCUT2D eigenvalue weighted by molar-refractivity contribution is -0.137. The number of amides is 1. The number of nitrogens with zero attached hydrogens (tertiary/aromatic N) is 4. The van der Waals surface area contributed by atoms with E-state index in [1.807, 2.05) is 38.2 Å². The molecule has 1 amide bonds. The Morgan fingerprint density at radius 3 is 2.59 bits per heavy atom. The summed E-state index contributed by atoms with van der Waals surface area (Å²) in [6, 6.07) is 8.11. The number of piperidine rings is 1. The number of benzene rings is 1. The summed E-state index contributed by atoms with van der Waals surface area (Å²) in [5, 5.41) is 0. The van der Waals surface area contributed by atoms with Gasteiger partial charge in [0.2, 0.25) is 5.91 Å². The highest BCUT2D eigenvalue weighted by molar-refractivity contribution is 5.83. The first-order valence-corrected chi connectivity index (χ1v) is 9.95. The number of imidazole rings is 1. The standard InChI is InChI=1S/C22H32N4O/c1-17-6-5-7-20(16-17)21(24(3)4)22(27)26-13-9-19(10-14-26)8-12-25-15-11-23-18(25)2/h5-7,11,15-16,19,21H,8-10,12-14H2,1-4H3/t21-/m1/s1. The number of rotatable bonds is 6. The quantitative estimate of drug-likeness (QED) is 0.784. The van der Waals surface area contributed by atoms with E-state index in [4.69, 9.17) is 0 Å². The van der Waals surface area contributed by atoms with Gasteiger partial charge in [-0.15, -0.1) is 0 Å². The molecule has 0 bridgehead atoms. The molecule has 0 spiro atoms. The first kappa shape index (κ1) is 19.6. The SMILES string of the molecule is Cc1cccc([C@H](C(=O)N2CCC(CCn3ccnc3C)CC2)N(C)C)c1.